The summed E-state index contributed by atoms with van der Waals surface area (Å²) in [6.45, 7) is 0. The maximum Gasteiger partial charge on any atom is 0.180 e. The average Bonchev–Trinajstić information content (AvgIpc) is 0.811. The molecular weight excluding hydrogens is 130 g/mol. The van der Waals surface area contributed by atoms with Gasteiger partial charge in [0.1, 0.15) is 0 Å². The van der Waals surface area contributed by atoms with E-state index in [1.54, 1.807) is 0 Å². The second kappa shape index (κ2) is 4.87. The Morgan fingerprint density at radius 1 is 1.00 bits per heavy atom. The highest BCUT2D eigenvalue weighted by atomic mass is 35.6. The van der Waals surface area contributed by atoms with Gasteiger partial charge in [0.25, 0.3) is 0 Å². The van der Waals surface area contributed by atoms with Crippen LogP contribution in [0.25, 0.3) is 0 Å². The van der Waals surface area contributed by atoms with Crippen LogP contribution in [-0.4, -0.2) is 4.30 Å². The molecular formula is C2H5Cl3. The van der Waals surface area contributed by atoms with E-state index in [9.17, 15) is 0 Å². The third-order valence-electron chi connectivity index (χ3n) is 0. The fraction of sp³-hybridized carbons (Fsp3) is 1.00. The summed E-state index contributed by atoms with van der Waals surface area (Å²) in [6, 6.07) is 0. The molecule has 0 aliphatic rings. The maximum absolute atomic E-state index is 4.81. The van der Waals surface area contributed by atoms with Crippen molar-refractivity contribution in [1.29, 1.82) is 0 Å². The second-order valence-corrected chi connectivity index (χ2v) is 2.23. The second-order valence-electron chi connectivity index (χ2n) is 0.247. The number of hydrogen-bond donors (Lipinski definition) is 0. The minimum absolute atomic E-state index is 0. The molecule has 0 saturated carbocycles. The Balaban J connectivity index is 0. The molecule has 0 unspecified atom stereocenters. The molecule has 34 valence electrons. The van der Waals surface area contributed by atoms with Gasteiger partial charge in [0.15, 0.2) is 4.30 Å². The van der Waals surface area contributed by atoms with Gasteiger partial charge < -0.3 is 0 Å². The monoisotopic (exact) mass is 134 g/mol. The summed E-state index contributed by atoms with van der Waals surface area (Å²) in [4.78, 5) is 0. The van der Waals surface area contributed by atoms with Crippen LogP contribution in [0.15, 0.2) is 0 Å². The molecule has 0 aliphatic heterocycles. The zero-order valence-corrected chi connectivity index (χ0v) is 3.98. The van der Waals surface area contributed by atoms with Crippen LogP contribution in [0.3, 0.4) is 0 Å². The summed E-state index contributed by atoms with van der Waals surface area (Å²) in [5.41, 5.74) is 0. The van der Waals surface area contributed by atoms with Crippen molar-refractivity contribution >= 4 is 34.8 Å². The molecule has 0 saturated heterocycles. The molecule has 0 aromatic carbocycles. The lowest BCUT2D eigenvalue weighted by Crippen LogP contribution is -1.55. The van der Waals surface area contributed by atoms with Crippen LogP contribution in [0, 0.1) is 0 Å². The highest BCUT2D eigenvalue weighted by Gasteiger charge is 1.78. The summed E-state index contributed by atoms with van der Waals surface area (Å²) in [7, 11) is 0. The molecule has 0 aliphatic carbocycles. The van der Waals surface area contributed by atoms with E-state index in [1.165, 1.54) is 0 Å². The zero-order chi connectivity index (χ0) is 3.58. The molecule has 0 amide bonds. The lowest BCUT2D eigenvalue weighted by Gasteiger charge is -1.69. The molecule has 0 spiro atoms. The van der Waals surface area contributed by atoms with Gasteiger partial charge in [0.05, 0.1) is 0 Å². The van der Waals surface area contributed by atoms with Crippen LogP contribution in [-0.2, 0) is 0 Å². The molecule has 0 radical (unpaired) electrons. The average molecular weight is 135 g/mol. The van der Waals surface area contributed by atoms with Crippen LogP contribution in [0.5, 0.6) is 0 Å². The van der Waals surface area contributed by atoms with Crippen LogP contribution in [0.4, 0.5) is 0 Å². The number of rotatable bonds is 0. The Morgan fingerprint density at radius 2 is 1.00 bits per heavy atom. The normalized spacial score (nSPS) is 7.20. The predicted molar refractivity (Wildman–Crippen MR) is 28.1 cm³/mol. The summed E-state index contributed by atoms with van der Waals surface area (Å²) < 4.78 is -0.750. The Kier molecular flexibility index (Phi) is 9.05. The van der Waals surface area contributed by atoms with Crippen molar-refractivity contribution in [2.75, 3.05) is 0 Å². The molecule has 0 aromatic rings. The zero-order valence-electron chi connectivity index (χ0n) is 1.71. The van der Waals surface area contributed by atoms with Crippen molar-refractivity contribution in [3.05, 3.63) is 0 Å². The van der Waals surface area contributed by atoms with Gasteiger partial charge in [-0.2, -0.15) is 0 Å². The van der Waals surface area contributed by atoms with E-state index in [0.717, 1.165) is 0 Å². The van der Waals surface area contributed by atoms with E-state index < -0.39 is 4.30 Å². The smallest absolute Gasteiger partial charge is 0.0874 e. The maximum atomic E-state index is 4.81. The van der Waals surface area contributed by atoms with Gasteiger partial charge in [-0.3, -0.25) is 0 Å². The Morgan fingerprint density at radius 3 is 1.00 bits per heavy atom. The standard InChI is InChI=1S/CHCl3.CH4/c2-1(3)4;/h1H;1H4. The van der Waals surface area contributed by atoms with Gasteiger partial charge >= 0.3 is 0 Å². The van der Waals surface area contributed by atoms with Crippen molar-refractivity contribution in [1.82, 2.24) is 0 Å². The van der Waals surface area contributed by atoms with E-state index in [2.05, 4.69) is 0 Å². The molecule has 0 rings (SSSR count). The number of halogens is 3. The van der Waals surface area contributed by atoms with Crippen molar-refractivity contribution in [3.8, 4) is 0 Å². The van der Waals surface area contributed by atoms with Gasteiger partial charge in [-0.15, -0.1) is 0 Å². The predicted octanol–water partition coefficient (Wildman–Crippen LogP) is 2.62. The Labute approximate surface area is 47.0 Å². The first-order chi connectivity index (χ1) is 1.73. The van der Waals surface area contributed by atoms with E-state index in [0.29, 0.717) is 0 Å². The first kappa shape index (κ1) is 9.30. The van der Waals surface area contributed by atoms with E-state index in [4.69, 9.17) is 34.8 Å². The molecule has 3 heteroatoms. The van der Waals surface area contributed by atoms with E-state index >= 15 is 0 Å². The molecule has 0 atom stereocenters. The first-order valence-corrected chi connectivity index (χ1v) is 1.96. The molecule has 0 nitrogen and oxygen atoms in total. The summed E-state index contributed by atoms with van der Waals surface area (Å²) in [5.74, 6) is 0. The lowest BCUT2D eigenvalue weighted by atomic mass is 11.9. The minimum Gasteiger partial charge on any atom is -0.0874 e. The Hall–Kier alpha value is 0.870. The van der Waals surface area contributed by atoms with Crippen molar-refractivity contribution in [2.24, 2.45) is 0 Å². The molecule has 0 fully saturated rings. The molecule has 0 bridgehead atoms. The van der Waals surface area contributed by atoms with E-state index in [1.807, 2.05) is 0 Å². The summed E-state index contributed by atoms with van der Waals surface area (Å²) in [5, 5.41) is 0. The number of hydrogen-bond acceptors (Lipinski definition) is 0. The third kappa shape index (κ3) is 53.0. The highest BCUT2D eigenvalue weighted by molar-refractivity contribution is 6.63. The van der Waals surface area contributed by atoms with Gasteiger partial charge in [-0.05, 0) is 0 Å². The summed E-state index contributed by atoms with van der Waals surface area (Å²) in [6.07, 6.45) is 0. The first-order valence-electron chi connectivity index (χ1n) is 0.655. The quantitative estimate of drug-likeness (QED) is 0.448. The third-order valence-corrected chi connectivity index (χ3v) is 0. The SMILES string of the molecule is C.ClC(Cl)Cl. The topological polar surface area (TPSA) is 0 Å². The van der Waals surface area contributed by atoms with Gasteiger partial charge in [0.2, 0.25) is 0 Å². The van der Waals surface area contributed by atoms with Gasteiger partial charge in [-0.25, -0.2) is 0 Å². The molecule has 0 heterocycles. The molecule has 0 aromatic heterocycles. The molecule has 0 N–H and O–H groups in total. The minimum atomic E-state index is -0.750. The fourth-order valence-electron chi connectivity index (χ4n) is 0. The van der Waals surface area contributed by atoms with Crippen LogP contribution in [0.2, 0.25) is 0 Å². The number of alkyl halides is 3. The molecule has 5 heavy (non-hydrogen) atoms. The van der Waals surface area contributed by atoms with Crippen molar-refractivity contribution < 1.29 is 0 Å². The van der Waals surface area contributed by atoms with Crippen molar-refractivity contribution in [3.63, 3.8) is 0 Å². The van der Waals surface area contributed by atoms with Gasteiger partial charge in [-0.1, -0.05) is 42.2 Å². The van der Waals surface area contributed by atoms with E-state index in [-0.39, 0.29) is 7.43 Å². The van der Waals surface area contributed by atoms with Crippen molar-refractivity contribution in [2.45, 2.75) is 11.7 Å². The van der Waals surface area contributed by atoms with Crippen LogP contribution < -0.4 is 0 Å². The lowest BCUT2D eigenvalue weighted by molar-refractivity contribution is 1.96. The fourth-order valence-corrected chi connectivity index (χ4v) is 0. The van der Waals surface area contributed by atoms with Crippen LogP contribution in [0.1, 0.15) is 7.43 Å². The Bertz CT molecular complexity index is 9.61. The summed E-state index contributed by atoms with van der Waals surface area (Å²) >= 11 is 14.4. The van der Waals surface area contributed by atoms with Gasteiger partial charge in [0, 0.05) is 0 Å². The van der Waals surface area contributed by atoms with Crippen LogP contribution >= 0.6 is 34.8 Å². The largest absolute Gasteiger partial charge is 0.180 e. The highest BCUT2D eigenvalue weighted by Crippen LogP contribution is 2.03.